The summed E-state index contributed by atoms with van der Waals surface area (Å²) in [5.74, 6) is -1.89. The Morgan fingerprint density at radius 3 is 2.43 bits per heavy atom. The van der Waals surface area contributed by atoms with Gasteiger partial charge in [0, 0.05) is 5.69 Å². The Balaban J connectivity index is 3.07. The van der Waals surface area contributed by atoms with Crippen molar-refractivity contribution >= 4 is 17.7 Å². The number of carbonyl (C=O) groups is 2. The molecule has 0 heterocycles. The molecule has 1 aromatic rings. The van der Waals surface area contributed by atoms with Gasteiger partial charge in [-0.05, 0) is 51.0 Å². The van der Waals surface area contributed by atoms with Gasteiger partial charge in [-0.2, -0.15) is 0 Å². The van der Waals surface area contributed by atoms with Crippen molar-refractivity contribution in [3.8, 4) is 5.75 Å². The van der Waals surface area contributed by atoms with Crippen LogP contribution in [-0.2, 0) is 9.53 Å². The number of hydrogen-bond acceptors (Lipinski definition) is 4. The molecule has 0 radical (unpaired) electrons. The smallest absolute Gasteiger partial charge is 0.412 e. The van der Waals surface area contributed by atoms with E-state index in [1.807, 2.05) is 0 Å². The van der Waals surface area contributed by atoms with Crippen LogP contribution in [0.2, 0.25) is 0 Å². The third kappa shape index (κ3) is 4.98. The summed E-state index contributed by atoms with van der Waals surface area (Å²) in [4.78, 5) is 23.1. The molecule has 21 heavy (non-hydrogen) atoms. The van der Waals surface area contributed by atoms with E-state index in [1.165, 1.54) is 18.2 Å². The van der Waals surface area contributed by atoms with Crippen molar-refractivity contribution in [1.82, 2.24) is 0 Å². The number of anilines is 1. The zero-order valence-corrected chi connectivity index (χ0v) is 12.6. The third-order valence-electron chi connectivity index (χ3n) is 2.75. The Bertz CT molecular complexity index is 533. The molecule has 3 N–H and O–H groups in total. The van der Waals surface area contributed by atoms with Crippen molar-refractivity contribution in [1.29, 1.82) is 0 Å². The van der Waals surface area contributed by atoms with Gasteiger partial charge in [-0.3, -0.25) is 10.1 Å². The van der Waals surface area contributed by atoms with Crippen LogP contribution in [0.3, 0.4) is 0 Å². The molecular weight excluding hydrogens is 274 g/mol. The van der Waals surface area contributed by atoms with Gasteiger partial charge in [0.1, 0.15) is 11.4 Å². The summed E-state index contributed by atoms with van der Waals surface area (Å²) < 4.78 is 5.14. The Labute approximate surface area is 123 Å². The topological polar surface area (TPSA) is 95.9 Å². The van der Waals surface area contributed by atoms with Crippen LogP contribution in [-0.4, -0.2) is 27.9 Å². The number of phenols is 1. The summed E-state index contributed by atoms with van der Waals surface area (Å²) in [5, 5.41) is 21.3. The highest BCUT2D eigenvalue weighted by Gasteiger charge is 2.23. The first kappa shape index (κ1) is 16.8. The van der Waals surface area contributed by atoms with Crippen molar-refractivity contribution in [3.05, 3.63) is 23.8 Å². The van der Waals surface area contributed by atoms with Crippen LogP contribution in [0, 0.1) is 0 Å². The van der Waals surface area contributed by atoms with Crippen molar-refractivity contribution in [2.45, 2.75) is 45.6 Å². The molecule has 0 saturated carbocycles. The summed E-state index contributed by atoms with van der Waals surface area (Å²) in [6.07, 6.45) is -0.336. The Morgan fingerprint density at radius 1 is 1.33 bits per heavy atom. The molecule has 1 atom stereocenters. The van der Waals surface area contributed by atoms with E-state index in [-0.39, 0.29) is 5.75 Å². The van der Waals surface area contributed by atoms with E-state index in [1.54, 1.807) is 27.7 Å². The minimum atomic E-state index is -1.02. The number of carbonyl (C=O) groups excluding carboxylic acids is 1. The van der Waals surface area contributed by atoms with E-state index in [0.717, 1.165) is 0 Å². The van der Waals surface area contributed by atoms with Crippen LogP contribution in [0.25, 0.3) is 0 Å². The largest absolute Gasteiger partial charge is 0.508 e. The zero-order chi connectivity index (χ0) is 16.2. The van der Waals surface area contributed by atoms with Gasteiger partial charge in [-0.25, -0.2) is 4.79 Å². The average Bonchev–Trinajstić information content (AvgIpc) is 2.30. The predicted molar refractivity (Wildman–Crippen MR) is 78.6 cm³/mol. The number of carboxylic acid groups (broad SMARTS) is 1. The maximum atomic E-state index is 11.8. The van der Waals surface area contributed by atoms with Crippen LogP contribution in [0.15, 0.2) is 18.2 Å². The number of carboxylic acids is 1. The quantitative estimate of drug-likeness (QED) is 0.740. The summed E-state index contributed by atoms with van der Waals surface area (Å²) in [5.41, 5.74) is 0.00477. The number of ether oxygens (including phenoxy) is 1. The lowest BCUT2D eigenvalue weighted by Crippen LogP contribution is -2.28. The molecule has 1 aromatic carbocycles. The number of aromatic hydroxyl groups is 1. The second-order valence-corrected chi connectivity index (χ2v) is 5.70. The van der Waals surface area contributed by atoms with E-state index in [0.29, 0.717) is 17.7 Å². The fraction of sp³-hybridized carbons (Fsp3) is 0.467. The molecule has 0 aromatic heterocycles. The predicted octanol–water partition coefficient (Wildman–Crippen LogP) is 3.32. The lowest BCUT2D eigenvalue weighted by atomic mass is 9.94. The first-order chi connectivity index (χ1) is 9.64. The van der Waals surface area contributed by atoms with Gasteiger partial charge in [0.15, 0.2) is 0 Å². The number of phenolic OH excluding ortho intramolecular Hbond substituents is 1. The average molecular weight is 295 g/mol. The van der Waals surface area contributed by atoms with Gasteiger partial charge in [-0.1, -0.05) is 6.92 Å². The van der Waals surface area contributed by atoms with Gasteiger partial charge < -0.3 is 14.9 Å². The molecule has 116 valence electrons. The third-order valence-corrected chi connectivity index (χ3v) is 2.75. The molecule has 0 saturated heterocycles. The molecule has 1 rings (SSSR count). The van der Waals surface area contributed by atoms with Gasteiger partial charge in [-0.15, -0.1) is 0 Å². The maximum Gasteiger partial charge on any atom is 0.412 e. The zero-order valence-electron chi connectivity index (χ0n) is 12.6. The van der Waals surface area contributed by atoms with E-state index < -0.39 is 23.6 Å². The molecule has 6 nitrogen and oxygen atoms in total. The number of benzene rings is 1. The minimum Gasteiger partial charge on any atom is -0.508 e. The SMILES string of the molecule is CCC(C(=O)O)c1cc(O)ccc1NC(=O)OC(C)(C)C. The van der Waals surface area contributed by atoms with Crippen LogP contribution < -0.4 is 5.32 Å². The van der Waals surface area contributed by atoms with Gasteiger partial charge in [0.2, 0.25) is 0 Å². The fourth-order valence-electron chi connectivity index (χ4n) is 1.89. The number of rotatable bonds is 4. The molecule has 0 aliphatic carbocycles. The van der Waals surface area contributed by atoms with Crippen LogP contribution in [0.4, 0.5) is 10.5 Å². The molecule has 6 heteroatoms. The number of amides is 1. The van der Waals surface area contributed by atoms with E-state index >= 15 is 0 Å². The molecule has 0 aliphatic rings. The maximum absolute atomic E-state index is 11.8. The highest BCUT2D eigenvalue weighted by atomic mass is 16.6. The summed E-state index contributed by atoms with van der Waals surface area (Å²) >= 11 is 0. The number of aliphatic carboxylic acids is 1. The molecule has 1 amide bonds. The molecule has 0 bridgehead atoms. The van der Waals surface area contributed by atoms with Crippen molar-refractivity contribution in [2.75, 3.05) is 5.32 Å². The Kier molecular flexibility index (Phi) is 5.18. The fourth-order valence-corrected chi connectivity index (χ4v) is 1.89. The number of nitrogens with one attached hydrogen (secondary N) is 1. The molecular formula is C15H21NO5. The highest BCUT2D eigenvalue weighted by molar-refractivity contribution is 5.88. The standard InChI is InChI=1S/C15H21NO5/c1-5-10(13(18)19)11-8-9(17)6-7-12(11)16-14(20)21-15(2,3)4/h6-8,10,17H,5H2,1-4H3,(H,16,20)(H,18,19). The van der Waals surface area contributed by atoms with Gasteiger partial charge >= 0.3 is 12.1 Å². The van der Waals surface area contributed by atoms with Crippen LogP contribution >= 0.6 is 0 Å². The summed E-state index contributed by atoms with van der Waals surface area (Å²) in [6, 6.07) is 4.18. The van der Waals surface area contributed by atoms with Crippen LogP contribution in [0.5, 0.6) is 5.75 Å². The van der Waals surface area contributed by atoms with Crippen molar-refractivity contribution < 1.29 is 24.5 Å². The minimum absolute atomic E-state index is 0.0561. The Hall–Kier alpha value is -2.24. The van der Waals surface area contributed by atoms with E-state index in [9.17, 15) is 19.8 Å². The lowest BCUT2D eigenvalue weighted by Gasteiger charge is -2.21. The normalized spacial score (nSPS) is 12.6. The molecule has 0 aliphatic heterocycles. The van der Waals surface area contributed by atoms with Crippen molar-refractivity contribution in [2.24, 2.45) is 0 Å². The van der Waals surface area contributed by atoms with Crippen molar-refractivity contribution in [3.63, 3.8) is 0 Å². The highest BCUT2D eigenvalue weighted by Crippen LogP contribution is 2.31. The van der Waals surface area contributed by atoms with Crippen LogP contribution in [0.1, 0.15) is 45.6 Å². The second kappa shape index (κ2) is 6.47. The van der Waals surface area contributed by atoms with E-state index in [4.69, 9.17) is 4.74 Å². The summed E-state index contributed by atoms with van der Waals surface area (Å²) in [7, 11) is 0. The van der Waals surface area contributed by atoms with Gasteiger partial charge in [0.05, 0.1) is 5.92 Å². The lowest BCUT2D eigenvalue weighted by molar-refractivity contribution is -0.138. The van der Waals surface area contributed by atoms with E-state index in [2.05, 4.69) is 5.32 Å². The first-order valence-corrected chi connectivity index (χ1v) is 6.69. The number of hydrogen-bond donors (Lipinski definition) is 3. The second-order valence-electron chi connectivity index (χ2n) is 5.70. The van der Waals surface area contributed by atoms with Gasteiger partial charge in [0.25, 0.3) is 0 Å². The summed E-state index contributed by atoms with van der Waals surface area (Å²) in [6.45, 7) is 6.92. The first-order valence-electron chi connectivity index (χ1n) is 6.69. The molecule has 1 unspecified atom stereocenters. The Morgan fingerprint density at radius 2 is 1.95 bits per heavy atom. The molecule has 0 spiro atoms. The monoisotopic (exact) mass is 295 g/mol. The molecule has 0 fully saturated rings.